The molecule has 2 N–H and O–H groups in total. The van der Waals surface area contributed by atoms with E-state index in [1.807, 2.05) is 0 Å². The molecular formula is C15H21ClN2O4. The molecule has 0 bridgehead atoms. The molecule has 0 radical (unpaired) electrons. The van der Waals surface area contributed by atoms with Crippen molar-refractivity contribution in [3.05, 3.63) is 23.2 Å². The molecule has 7 heteroatoms. The molecule has 1 fully saturated rings. The summed E-state index contributed by atoms with van der Waals surface area (Å²) in [6, 6.07) is 4.82. The molecule has 1 atom stereocenters. The Morgan fingerprint density at radius 2 is 2.32 bits per heavy atom. The second-order valence-corrected chi connectivity index (χ2v) is 5.36. The van der Waals surface area contributed by atoms with Gasteiger partial charge in [0.2, 0.25) is 0 Å². The Kier molecular flexibility index (Phi) is 6.76. The summed E-state index contributed by atoms with van der Waals surface area (Å²) < 4.78 is 15.8. The molecule has 1 heterocycles. The number of carbonyl (C=O) groups excluding carboxylic acids is 1. The average Bonchev–Trinajstić information content (AvgIpc) is 3.01. The van der Waals surface area contributed by atoms with Crippen molar-refractivity contribution in [2.24, 2.45) is 0 Å². The Morgan fingerprint density at radius 1 is 1.45 bits per heavy atom. The molecule has 0 spiro atoms. The Balaban J connectivity index is 1.79. The Morgan fingerprint density at radius 3 is 3.00 bits per heavy atom. The predicted molar refractivity (Wildman–Crippen MR) is 84.8 cm³/mol. The van der Waals surface area contributed by atoms with Gasteiger partial charge in [0.05, 0.1) is 17.7 Å². The highest BCUT2D eigenvalue weighted by Gasteiger charge is 2.16. The van der Waals surface area contributed by atoms with Gasteiger partial charge in [0.25, 0.3) is 0 Å². The minimum absolute atomic E-state index is 0.117. The highest BCUT2D eigenvalue weighted by Crippen LogP contribution is 2.27. The number of halogens is 1. The first-order valence-electron chi connectivity index (χ1n) is 7.27. The van der Waals surface area contributed by atoms with Crippen LogP contribution in [0.4, 0.5) is 10.5 Å². The van der Waals surface area contributed by atoms with Gasteiger partial charge >= 0.3 is 6.03 Å². The van der Waals surface area contributed by atoms with Crippen LogP contribution in [0.1, 0.15) is 12.8 Å². The maximum atomic E-state index is 11.8. The summed E-state index contributed by atoms with van der Waals surface area (Å²) >= 11 is 6.11. The van der Waals surface area contributed by atoms with Crippen LogP contribution in [0, 0.1) is 0 Å². The highest BCUT2D eigenvalue weighted by atomic mass is 35.5. The van der Waals surface area contributed by atoms with Gasteiger partial charge < -0.3 is 24.8 Å². The van der Waals surface area contributed by atoms with E-state index in [2.05, 4.69) is 10.6 Å². The van der Waals surface area contributed by atoms with E-state index in [1.165, 1.54) is 0 Å². The van der Waals surface area contributed by atoms with Crippen LogP contribution in [0.15, 0.2) is 18.2 Å². The lowest BCUT2D eigenvalue weighted by Crippen LogP contribution is -2.35. The van der Waals surface area contributed by atoms with Crippen molar-refractivity contribution < 1.29 is 19.0 Å². The zero-order valence-electron chi connectivity index (χ0n) is 12.6. The fourth-order valence-corrected chi connectivity index (χ4v) is 2.35. The lowest BCUT2D eigenvalue weighted by Gasteiger charge is -2.13. The van der Waals surface area contributed by atoms with Gasteiger partial charge in [0.1, 0.15) is 12.4 Å². The first kappa shape index (κ1) is 16.9. The normalized spacial score (nSPS) is 17.3. The van der Waals surface area contributed by atoms with Gasteiger partial charge in [-0.25, -0.2) is 4.79 Å². The molecule has 122 valence electrons. The van der Waals surface area contributed by atoms with Gasteiger partial charge in [-0.3, -0.25) is 0 Å². The number of carbonyl (C=O) groups is 1. The first-order valence-corrected chi connectivity index (χ1v) is 7.64. The second kappa shape index (κ2) is 8.82. The maximum Gasteiger partial charge on any atom is 0.319 e. The Labute approximate surface area is 135 Å². The third-order valence-corrected chi connectivity index (χ3v) is 3.54. The SMILES string of the molecule is COCCOc1ccc(NC(=O)NCC2CCCO2)cc1Cl. The van der Waals surface area contributed by atoms with Crippen LogP contribution in [0.5, 0.6) is 5.75 Å². The number of nitrogens with one attached hydrogen (secondary N) is 2. The smallest absolute Gasteiger partial charge is 0.319 e. The van der Waals surface area contributed by atoms with E-state index in [4.69, 9.17) is 25.8 Å². The third-order valence-electron chi connectivity index (χ3n) is 3.25. The van der Waals surface area contributed by atoms with E-state index >= 15 is 0 Å². The van der Waals surface area contributed by atoms with Gasteiger partial charge in [-0.1, -0.05) is 11.6 Å². The van der Waals surface area contributed by atoms with Gasteiger partial charge in [-0.05, 0) is 31.0 Å². The second-order valence-electron chi connectivity index (χ2n) is 4.96. The van der Waals surface area contributed by atoms with Crippen LogP contribution in [0.2, 0.25) is 5.02 Å². The van der Waals surface area contributed by atoms with E-state index < -0.39 is 0 Å². The Bertz CT molecular complexity index is 492. The summed E-state index contributed by atoms with van der Waals surface area (Å²) in [6.45, 7) is 2.19. The van der Waals surface area contributed by atoms with Crippen LogP contribution in [-0.2, 0) is 9.47 Å². The quantitative estimate of drug-likeness (QED) is 0.755. The average molecular weight is 329 g/mol. The summed E-state index contributed by atoms with van der Waals surface area (Å²) in [6.07, 6.45) is 2.15. The monoisotopic (exact) mass is 328 g/mol. The number of ether oxygens (including phenoxy) is 3. The number of benzene rings is 1. The van der Waals surface area contributed by atoms with Crippen LogP contribution in [0.25, 0.3) is 0 Å². The molecule has 6 nitrogen and oxygen atoms in total. The number of amides is 2. The molecule has 1 aromatic carbocycles. The van der Waals surface area contributed by atoms with E-state index in [1.54, 1.807) is 25.3 Å². The summed E-state index contributed by atoms with van der Waals surface area (Å²) in [5.74, 6) is 0.559. The van der Waals surface area contributed by atoms with E-state index in [-0.39, 0.29) is 12.1 Å². The van der Waals surface area contributed by atoms with Crippen molar-refractivity contribution >= 4 is 23.3 Å². The number of hydrogen-bond acceptors (Lipinski definition) is 4. The maximum absolute atomic E-state index is 11.8. The Hall–Kier alpha value is -1.50. The largest absolute Gasteiger partial charge is 0.490 e. The molecule has 1 saturated heterocycles. The van der Waals surface area contributed by atoms with Crippen molar-refractivity contribution in [1.82, 2.24) is 5.32 Å². The fraction of sp³-hybridized carbons (Fsp3) is 0.533. The number of urea groups is 1. The van der Waals surface area contributed by atoms with Crippen LogP contribution in [-0.4, -0.2) is 45.6 Å². The number of hydrogen-bond donors (Lipinski definition) is 2. The van der Waals surface area contributed by atoms with Crippen molar-refractivity contribution in [2.45, 2.75) is 18.9 Å². The van der Waals surface area contributed by atoms with Crippen molar-refractivity contribution in [1.29, 1.82) is 0 Å². The lowest BCUT2D eigenvalue weighted by atomic mass is 10.2. The van der Waals surface area contributed by atoms with Crippen LogP contribution >= 0.6 is 11.6 Å². The van der Waals surface area contributed by atoms with E-state index in [0.717, 1.165) is 19.4 Å². The summed E-state index contributed by atoms with van der Waals surface area (Å²) in [5, 5.41) is 5.95. The zero-order chi connectivity index (χ0) is 15.8. The molecule has 0 aromatic heterocycles. The molecule has 2 amide bonds. The molecule has 22 heavy (non-hydrogen) atoms. The number of anilines is 1. The molecule has 1 aromatic rings. The molecule has 1 unspecified atom stereocenters. The molecule has 2 rings (SSSR count). The summed E-state index contributed by atoms with van der Waals surface area (Å²) in [7, 11) is 1.60. The topological polar surface area (TPSA) is 68.8 Å². The van der Waals surface area contributed by atoms with Gasteiger partial charge in [-0.15, -0.1) is 0 Å². The molecule has 1 aliphatic rings. The van der Waals surface area contributed by atoms with Crippen LogP contribution < -0.4 is 15.4 Å². The van der Waals surface area contributed by atoms with Gasteiger partial charge in [0.15, 0.2) is 0 Å². The highest BCUT2D eigenvalue weighted by molar-refractivity contribution is 6.32. The first-order chi connectivity index (χ1) is 10.7. The third kappa shape index (κ3) is 5.36. The number of rotatable bonds is 7. The van der Waals surface area contributed by atoms with E-state index in [9.17, 15) is 4.79 Å². The zero-order valence-corrected chi connectivity index (χ0v) is 13.3. The number of methoxy groups -OCH3 is 1. The van der Waals surface area contributed by atoms with E-state index in [0.29, 0.717) is 36.2 Å². The fourth-order valence-electron chi connectivity index (χ4n) is 2.12. The minimum atomic E-state index is -0.278. The lowest BCUT2D eigenvalue weighted by molar-refractivity contribution is 0.112. The van der Waals surface area contributed by atoms with Crippen molar-refractivity contribution in [2.75, 3.05) is 38.8 Å². The molecule has 0 saturated carbocycles. The van der Waals surface area contributed by atoms with Crippen molar-refractivity contribution in [3.63, 3.8) is 0 Å². The predicted octanol–water partition coefficient (Wildman–Crippen LogP) is 2.67. The summed E-state index contributed by atoms with van der Waals surface area (Å²) in [4.78, 5) is 11.8. The molecule has 0 aliphatic carbocycles. The van der Waals surface area contributed by atoms with Crippen LogP contribution in [0.3, 0.4) is 0 Å². The van der Waals surface area contributed by atoms with Gasteiger partial charge in [0, 0.05) is 25.9 Å². The molecular weight excluding hydrogens is 308 g/mol. The molecule has 1 aliphatic heterocycles. The minimum Gasteiger partial charge on any atom is -0.490 e. The standard InChI is InChI=1S/C15H21ClN2O4/c1-20-7-8-22-14-5-4-11(9-13(14)16)18-15(19)17-10-12-3-2-6-21-12/h4-5,9,12H,2-3,6-8,10H2,1H3,(H2,17,18,19). The van der Waals surface area contributed by atoms with Crippen molar-refractivity contribution in [3.8, 4) is 5.75 Å². The summed E-state index contributed by atoms with van der Waals surface area (Å²) in [5.41, 5.74) is 0.605. The van der Waals surface area contributed by atoms with Gasteiger partial charge in [-0.2, -0.15) is 0 Å².